The van der Waals surface area contributed by atoms with Crippen LogP contribution in [-0.4, -0.2) is 31.0 Å². The monoisotopic (exact) mass is 281 g/mol. The number of hydrogen-bond donors (Lipinski definition) is 1. The van der Waals surface area contributed by atoms with Gasteiger partial charge in [0, 0.05) is 0 Å². The van der Waals surface area contributed by atoms with Crippen LogP contribution < -0.4 is 5.73 Å². The predicted octanol–water partition coefficient (Wildman–Crippen LogP) is -0.723. The van der Waals surface area contributed by atoms with Crippen molar-refractivity contribution in [2.24, 2.45) is 5.73 Å². The molecule has 3 heteroatoms. The fourth-order valence-electron chi connectivity index (χ4n) is 0. The molecule has 2 N–H and O–H groups in total. The zero-order valence-corrected chi connectivity index (χ0v) is 9.06. The van der Waals surface area contributed by atoms with Gasteiger partial charge in [-0.05, 0) is 7.05 Å². The first-order valence-electron chi connectivity index (χ1n) is 0.577. The summed E-state index contributed by atoms with van der Waals surface area (Å²) < 4.78 is 0. The molecule has 0 heterocycles. The third-order valence-corrected chi connectivity index (χ3v) is 0. The summed E-state index contributed by atoms with van der Waals surface area (Å²) in [6, 6.07) is 0. The molecular weight excluding hydrogens is 272 g/mol. The average Bonchev–Trinajstić information content (AvgIpc) is 1.00. The van der Waals surface area contributed by atoms with Crippen LogP contribution in [0.2, 0.25) is 0 Å². The Morgan fingerprint density at radius 3 is 1.25 bits per heavy atom. The van der Waals surface area contributed by atoms with E-state index in [0.717, 1.165) is 0 Å². The van der Waals surface area contributed by atoms with Crippen molar-refractivity contribution >= 4 is 47.9 Å². The van der Waals surface area contributed by atoms with Gasteiger partial charge in [-0.15, -0.1) is 24.0 Å². The predicted molar refractivity (Wildman–Crippen MR) is 34.1 cm³/mol. The van der Waals surface area contributed by atoms with Gasteiger partial charge in [-0.3, -0.25) is 0 Å². The molecule has 0 aromatic heterocycles. The van der Waals surface area contributed by atoms with Crippen molar-refractivity contribution in [3.63, 3.8) is 0 Å². The standard InChI is InChI=1S/CH5N.HI.Sn.2H/c1-2;;;;/h2H2,1H3;1H;;;. The summed E-state index contributed by atoms with van der Waals surface area (Å²) in [5, 5.41) is 0. The molecule has 0 atom stereocenters. The van der Waals surface area contributed by atoms with Crippen molar-refractivity contribution in [1.82, 2.24) is 0 Å². The van der Waals surface area contributed by atoms with E-state index in [4.69, 9.17) is 0 Å². The molecule has 0 fully saturated rings. The topological polar surface area (TPSA) is 26.0 Å². The Labute approximate surface area is 60.3 Å². The van der Waals surface area contributed by atoms with E-state index in [1.165, 1.54) is 7.05 Å². The molecule has 0 aromatic rings. The Balaban J connectivity index is -0.00000000500. The SMILES string of the molecule is CN.I.[SnH2]. The van der Waals surface area contributed by atoms with E-state index in [9.17, 15) is 0 Å². The minimum absolute atomic E-state index is 0. The first-order chi connectivity index (χ1) is 1.00. The molecule has 0 amide bonds. The molecule has 0 unspecified atom stereocenters. The van der Waals surface area contributed by atoms with Gasteiger partial charge in [0.2, 0.25) is 0 Å². The van der Waals surface area contributed by atoms with Crippen molar-refractivity contribution in [2.75, 3.05) is 7.05 Å². The van der Waals surface area contributed by atoms with Gasteiger partial charge >= 0.3 is 23.9 Å². The Morgan fingerprint density at radius 2 is 1.25 bits per heavy atom. The maximum absolute atomic E-state index is 4.50. The molecule has 0 aliphatic carbocycles. The number of halogens is 1. The van der Waals surface area contributed by atoms with Gasteiger partial charge in [-0.1, -0.05) is 0 Å². The first kappa shape index (κ1) is 17.9. The summed E-state index contributed by atoms with van der Waals surface area (Å²) in [7, 11) is 1.50. The van der Waals surface area contributed by atoms with Gasteiger partial charge in [0.1, 0.15) is 0 Å². The van der Waals surface area contributed by atoms with Crippen LogP contribution >= 0.6 is 24.0 Å². The van der Waals surface area contributed by atoms with Crippen LogP contribution in [0.1, 0.15) is 0 Å². The zero-order chi connectivity index (χ0) is 2.00. The van der Waals surface area contributed by atoms with Crippen LogP contribution in [-0.2, 0) is 0 Å². The number of hydrogen-bond acceptors (Lipinski definition) is 1. The summed E-state index contributed by atoms with van der Waals surface area (Å²) in [5.41, 5.74) is 4.50. The van der Waals surface area contributed by atoms with Gasteiger partial charge in [-0.25, -0.2) is 0 Å². The molecule has 0 bridgehead atoms. The van der Waals surface area contributed by atoms with Crippen LogP contribution in [0.3, 0.4) is 0 Å². The summed E-state index contributed by atoms with van der Waals surface area (Å²) in [6.45, 7) is 0. The number of nitrogens with two attached hydrogens (primary N) is 1. The molecule has 0 aromatic carbocycles. The quantitative estimate of drug-likeness (QED) is 0.460. The van der Waals surface area contributed by atoms with Crippen molar-refractivity contribution in [1.29, 1.82) is 0 Å². The summed E-state index contributed by atoms with van der Waals surface area (Å²) in [5.74, 6) is 0. The zero-order valence-electron chi connectivity index (χ0n) is 2.69. The molecule has 0 saturated heterocycles. The molecule has 0 aliphatic heterocycles. The maximum atomic E-state index is 4.50. The van der Waals surface area contributed by atoms with E-state index in [2.05, 4.69) is 5.73 Å². The molecule has 1 nitrogen and oxygen atoms in total. The van der Waals surface area contributed by atoms with Crippen molar-refractivity contribution in [3.8, 4) is 0 Å². The van der Waals surface area contributed by atoms with Crippen LogP contribution in [0.25, 0.3) is 0 Å². The van der Waals surface area contributed by atoms with Crippen molar-refractivity contribution in [2.45, 2.75) is 0 Å². The van der Waals surface area contributed by atoms with Gasteiger partial charge in [0.25, 0.3) is 0 Å². The minimum atomic E-state index is 0. The van der Waals surface area contributed by atoms with E-state index < -0.39 is 0 Å². The normalized spacial score (nSPS) is 1.50. The van der Waals surface area contributed by atoms with E-state index in [1.807, 2.05) is 0 Å². The molecular formula is CH8INSn. The second-order valence-corrected chi connectivity index (χ2v) is 0. The second kappa shape index (κ2) is 24.7. The van der Waals surface area contributed by atoms with E-state index in [-0.39, 0.29) is 47.9 Å². The molecule has 0 spiro atoms. The Morgan fingerprint density at radius 1 is 1.25 bits per heavy atom. The van der Waals surface area contributed by atoms with Gasteiger partial charge in [0.05, 0.1) is 0 Å². The molecule has 0 aliphatic rings. The Kier molecular flexibility index (Phi) is 110. The molecule has 0 rings (SSSR count). The van der Waals surface area contributed by atoms with Crippen molar-refractivity contribution < 1.29 is 0 Å². The van der Waals surface area contributed by atoms with Gasteiger partial charge < -0.3 is 5.73 Å². The third-order valence-electron chi connectivity index (χ3n) is 0. The van der Waals surface area contributed by atoms with Crippen LogP contribution in [0.4, 0.5) is 0 Å². The molecule has 28 valence electrons. The molecule has 0 saturated carbocycles. The fourth-order valence-corrected chi connectivity index (χ4v) is 0. The van der Waals surface area contributed by atoms with E-state index >= 15 is 0 Å². The second-order valence-electron chi connectivity index (χ2n) is 0. The Hall–Kier alpha value is 1.49. The molecule has 4 heavy (non-hydrogen) atoms. The van der Waals surface area contributed by atoms with Crippen molar-refractivity contribution in [3.05, 3.63) is 0 Å². The average molecular weight is 280 g/mol. The summed E-state index contributed by atoms with van der Waals surface area (Å²) in [4.78, 5) is 0. The van der Waals surface area contributed by atoms with E-state index in [0.29, 0.717) is 0 Å². The van der Waals surface area contributed by atoms with E-state index in [1.54, 1.807) is 0 Å². The van der Waals surface area contributed by atoms with Crippen LogP contribution in [0.5, 0.6) is 0 Å². The fraction of sp³-hybridized carbons (Fsp3) is 1.00. The first-order valence-corrected chi connectivity index (χ1v) is 0.577. The summed E-state index contributed by atoms with van der Waals surface area (Å²) >= 11 is 0. The van der Waals surface area contributed by atoms with Crippen LogP contribution in [0, 0.1) is 0 Å². The van der Waals surface area contributed by atoms with Gasteiger partial charge in [-0.2, -0.15) is 0 Å². The third kappa shape index (κ3) is 9.75. The number of rotatable bonds is 0. The Bertz CT molecular complexity index is 8.00. The van der Waals surface area contributed by atoms with Crippen LogP contribution in [0.15, 0.2) is 0 Å². The van der Waals surface area contributed by atoms with Gasteiger partial charge in [0.15, 0.2) is 0 Å². The molecule has 2 radical (unpaired) electrons. The summed E-state index contributed by atoms with van der Waals surface area (Å²) in [6.07, 6.45) is 0.